The van der Waals surface area contributed by atoms with Crippen LogP contribution in [-0.2, 0) is 0 Å². The summed E-state index contributed by atoms with van der Waals surface area (Å²) >= 11 is 0. The Labute approximate surface area is 78.8 Å². The highest BCUT2D eigenvalue weighted by atomic mass is 14.3. The Hall–Kier alpha value is 0. The molecule has 0 aromatic carbocycles. The van der Waals surface area contributed by atoms with E-state index in [2.05, 4.69) is 41.0 Å². The van der Waals surface area contributed by atoms with Crippen LogP contribution in [0.25, 0.3) is 0 Å². The Morgan fingerprint density at radius 3 is 2.08 bits per heavy atom. The maximum Gasteiger partial charge on any atom is -0.0337 e. The molecule has 12 heavy (non-hydrogen) atoms. The molecule has 0 aliphatic carbocycles. The summed E-state index contributed by atoms with van der Waals surface area (Å²) in [5.74, 6) is 0.795. The lowest BCUT2D eigenvalue weighted by atomic mass is 9.76. The monoisotopic (exact) mass is 169 g/mol. The third-order valence-electron chi connectivity index (χ3n) is 2.56. The maximum atomic E-state index is 2.52. The smallest absolute Gasteiger partial charge is 0.0337 e. The van der Waals surface area contributed by atoms with Crippen LogP contribution in [0.3, 0.4) is 0 Å². The van der Waals surface area contributed by atoms with E-state index in [0.29, 0.717) is 5.41 Å². The van der Waals surface area contributed by atoms with E-state index in [1.54, 1.807) is 0 Å². The van der Waals surface area contributed by atoms with E-state index in [1.165, 1.54) is 25.7 Å². The fourth-order valence-electron chi connectivity index (χ4n) is 1.66. The molecule has 0 fully saturated rings. The van der Waals surface area contributed by atoms with Gasteiger partial charge in [0.05, 0.1) is 0 Å². The predicted octanol–water partition coefficient (Wildman–Crippen LogP) is 4.45. The number of hydrogen-bond acceptors (Lipinski definition) is 0. The Kier molecular flexibility index (Phi) is 5.61. The second-order valence-electron chi connectivity index (χ2n) is 4.76. The summed E-state index contributed by atoms with van der Waals surface area (Å²) in [4.78, 5) is 0. The minimum absolute atomic E-state index is 0.461. The van der Waals surface area contributed by atoms with Gasteiger partial charge in [0.1, 0.15) is 0 Å². The topological polar surface area (TPSA) is 0 Å². The number of rotatable bonds is 5. The molecular weight excluding hydrogens is 144 g/mol. The van der Waals surface area contributed by atoms with Crippen molar-refractivity contribution in [3.63, 3.8) is 0 Å². The molecular formula is C12H25. The molecule has 1 radical (unpaired) electrons. The first-order chi connectivity index (χ1) is 5.52. The van der Waals surface area contributed by atoms with Crippen molar-refractivity contribution in [1.29, 1.82) is 0 Å². The fourth-order valence-corrected chi connectivity index (χ4v) is 1.66. The largest absolute Gasteiger partial charge is 0.0654 e. The lowest BCUT2D eigenvalue weighted by molar-refractivity contribution is 0.261. The fraction of sp³-hybridized carbons (Fsp3) is 0.917. The van der Waals surface area contributed by atoms with Crippen molar-refractivity contribution in [2.75, 3.05) is 0 Å². The first-order valence-corrected chi connectivity index (χ1v) is 5.35. The summed E-state index contributed by atoms with van der Waals surface area (Å²) < 4.78 is 0. The molecule has 0 heteroatoms. The standard InChI is InChI=1S/C12H25/c1-6-8-9-10-11(7-2)12(3,4)5/h10-11H,6-9H2,1-5H3. The van der Waals surface area contributed by atoms with Crippen LogP contribution in [0, 0.1) is 17.8 Å². The van der Waals surface area contributed by atoms with E-state index < -0.39 is 0 Å². The molecule has 0 aromatic heterocycles. The zero-order valence-corrected chi connectivity index (χ0v) is 9.48. The van der Waals surface area contributed by atoms with Gasteiger partial charge in [0.2, 0.25) is 0 Å². The third-order valence-corrected chi connectivity index (χ3v) is 2.56. The third kappa shape index (κ3) is 4.79. The molecule has 73 valence electrons. The summed E-state index contributed by atoms with van der Waals surface area (Å²) in [6.07, 6.45) is 7.77. The van der Waals surface area contributed by atoms with Gasteiger partial charge in [-0.25, -0.2) is 0 Å². The van der Waals surface area contributed by atoms with E-state index in [9.17, 15) is 0 Å². The van der Waals surface area contributed by atoms with Gasteiger partial charge in [-0.1, -0.05) is 53.9 Å². The van der Waals surface area contributed by atoms with E-state index in [0.717, 1.165) is 5.92 Å². The SMILES string of the molecule is CCCC[CH]C(CC)C(C)(C)C. The first kappa shape index (κ1) is 12.0. The van der Waals surface area contributed by atoms with E-state index in [-0.39, 0.29) is 0 Å². The predicted molar refractivity (Wildman–Crippen MR) is 57.1 cm³/mol. The minimum atomic E-state index is 0.461. The van der Waals surface area contributed by atoms with Crippen LogP contribution in [0.15, 0.2) is 0 Å². The molecule has 0 rings (SSSR count). The first-order valence-electron chi connectivity index (χ1n) is 5.35. The second-order valence-corrected chi connectivity index (χ2v) is 4.76. The Balaban J connectivity index is 3.68. The Morgan fingerprint density at radius 2 is 1.75 bits per heavy atom. The van der Waals surface area contributed by atoms with Crippen molar-refractivity contribution in [2.45, 2.75) is 60.3 Å². The Bertz CT molecular complexity index is 97.1. The van der Waals surface area contributed by atoms with Gasteiger partial charge < -0.3 is 0 Å². The highest BCUT2D eigenvalue weighted by molar-refractivity contribution is 4.84. The normalized spacial score (nSPS) is 14.8. The van der Waals surface area contributed by atoms with Gasteiger partial charge >= 0.3 is 0 Å². The van der Waals surface area contributed by atoms with Gasteiger partial charge in [-0.3, -0.25) is 0 Å². The van der Waals surface area contributed by atoms with Crippen LogP contribution in [-0.4, -0.2) is 0 Å². The van der Waals surface area contributed by atoms with Gasteiger partial charge in [0.15, 0.2) is 0 Å². The highest BCUT2D eigenvalue weighted by Gasteiger charge is 2.21. The highest BCUT2D eigenvalue weighted by Crippen LogP contribution is 2.31. The van der Waals surface area contributed by atoms with Crippen LogP contribution in [0.2, 0.25) is 0 Å². The molecule has 0 nitrogen and oxygen atoms in total. The second kappa shape index (κ2) is 5.61. The maximum absolute atomic E-state index is 2.52. The molecule has 0 saturated carbocycles. The number of hydrogen-bond donors (Lipinski definition) is 0. The Morgan fingerprint density at radius 1 is 1.17 bits per heavy atom. The van der Waals surface area contributed by atoms with Gasteiger partial charge in [-0.05, 0) is 24.2 Å². The van der Waals surface area contributed by atoms with Crippen molar-refractivity contribution in [2.24, 2.45) is 11.3 Å². The molecule has 1 atom stereocenters. The quantitative estimate of drug-likeness (QED) is 0.533. The molecule has 0 aliphatic rings. The molecule has 0 bridgehead atoms. The van der Waals surface area contributed by atoms with Crippen LogP contribution < -0.4 is 0 Å². The summed E-state index contributed by atoms with van der Waals surface area (Å²) in [5.41, 5.74) is 0.461. The van der Waals surface area contributed by atoms with E-state index in [4.69, 9.17) is 0 Å². The van der Waals surface area contributed by atoms with E-state index in [1.807, 2.05) is 0 Å². The summed E-state index contributed by atoms with van der Waals surface area (Å²) in [5, 5.41) is 0. The summed E-state index contributed by atoms with van der Waals surface area (Å²) in [6.45, 7) is 11.6. The van der Waals surface area contributed by atoms with Crippen molar-refractivity contribution in [3.8, 4) is 0 Å². The van der Waals surface area contributed by atoms with E-state index >= 15 is 0 Å². The number of unbranched alkanes of at least 4 members (excludes halogenated alkanes) is 2. The zero-order chi connectivity index (χ0) is 9.61. The molecule has 0 N–H and O–H groups in total. The van der Waals surface area contributed by atoms with Gasteiger partial charge in [0.25, 0.3) is 0 Å². The van der Waals surface area contributed by atoms with Crippen LogP contribution >= 0.6 is 0 Å². The van der Waals surface area contributed by atoms with Crippen molar-refractivity contribution in [1.82, 2.24) is 0 Å². The molecule has 0 amide bonds. The average molecular weight is 169 g/mol. The molecule has 0 spiro atoms. The lowest BCUT2D eigenvalue weighted by Gasteiger charge is -2.29. The summed E-state index contributed by atoms with van der Waals surface area (Å²) in [6, 6.07) is 0. The minimum Gasteiger partial charge on any atom is -0.0654 e. The van der Waals surface area contributed by atoms with Gasteiger partial charge in [-0.15, -0.1) is 0 Å². The van der Waals surface area contributed by atoms with Crippen molar-refractivity contribution < 1.29 is 0 Å². The van der Waals surface area contributed by atoms with Crippen LogP contribution in [0.4, 0.5) is 0 Å². The van der Waals surface area contributed by atoms with Crippen LogP contribution in [0.1, 0.15) is 60.3 Å². The van der Waals surface area contributed by atoms with Crippen LogP contribution in [0.5, 0.6) is 0 Å². The molecule has 0 heterocycles. The van der Waals surface area contributed by atoms with Gasteiger partial charge in [0, 0.05) is 0 Å². The zero-order valence-electron chi connectivity index (χ0n) is 9.48. The summed E-state index contributed by atoms with van der Waals surface area (Å²) in [7, 11) is 0. The molecule has 0 aromatic rings. The molecule has 0 saturated heterocycles. The molecule has 0 aliphatic heterocycles. The molecule has 1 unspecified atom stereocenters. The van der Waals surface area contributed by atoms with Crippen molar-refractivity contribution in [3.05, 3.63) is 6.42 Å². The van der Waals surface area contributed by atoms with Gasteiger partial charge in [-0.2, -0.15) is 0 Å². The lowest BCUT2D eigenvalue weighted by Crippen LogP contribution is -2.20. The van der Waals surface area contributed by atoms with Crippen molar-refractivity contribution >= 4 is 0 Å². The average Bonchev–Trinajstić information content (AvgIpc) is 1.95.